The van der Waals surface area contributed by atoms with Crippen LogP contribution in [-0.2, 0) is 28.9 Å². The largest absolute Gasteiger partial charge is 0.376 e. The first kappa shape index (κ1) is 20.0. The van der Waals surface area contributed by atoms with Crippen LogP contribution in [0, 0.1) is 11.3 Å². The van der Waals surface area contributed by atoms with E-state index in [2.05, 4.69) is 31.0 Å². The molecule has 1 fully saturated rings. The van der Waals surface area contributed by atoms with Gasteiger partial charge < -0.3 is 14.6 Å². The van der Waals surface area contributed by atoms with Crippen LogP contribution in [0.15, 0.2) is 23.6 Å². The molecule has 0 bridgehead atoms. The van der Waals surface area contributed by atoms with Crippen LogP contribution in [0.2, 0.25) is 0 Å². The van der Waals surface area contributed by atoms with Crippen LogP contribution in [0.5, 0.6) is 0 Å². The van der Waals surface area contributed by atoms with Crippen molar-refractivity contribution in [2.24, 2.45) is 0 Å². The fourth-order valence-electron chi connectivity index (χ4n) is 4.39. The predicted octanol–water partition coefficient (Wildman–Crippen LogP) is 2.59. The van der Waals surface area contributed by atoms with Gasteiger partial charge in [0, 0.05) is 24.7 Å². The zero-order chi connectivity index (χ0) is 21.2. The number of nitrogens with zero attached hydrogens (tertiary/aromatic N) is 6. The molecule has 4 heterocycles. The zero-order valence-electron chi connectivity index (χ0n) is 17.1. The molecule has 3 aromatic heterocycles. The van der Waals surface area contributed by atoms with E-state index in [1.165, 1.54) is 17.5 Å². The van der Waals surface area contributed by atoms with Gasteiger partial charge in [-0.1, -0.05) is 11.8 Å². The number of rotatable bonds is 6. The first-order valence-electron chi connectivity index (χ1n) is 10.6. The first-order chi connectivity index (χ1) is 15.2. The minimum atomic E-state index is -0.184. The van der Waals surface area contributed by atoms with Crippen LogP contribution in [0.4, 0.5) is 5.82 Å². The van der Waals surface area contributed by atoms with Gasteiger partial charge in [-0.3, -0.25) is 4.79 Å². The van der Waals surface area contributed by atoms with E-state index >= 15 is 0 Å². The number of carbonyl (C=O) groups excluding carboxylic acids is 1. The highest BCUT2D eigenvalue weighted by molar-refractivity contribution is 7.99. The van der Waals surface area contributed by atoms with Crippen LogP contribution >= 0.6 is 11.8 Å². The number of nitrogens with one attached hydrogen (secondary N) is 1. The highest BCUT2D eigenvalue weighted by Gasteiger charge is 2.28. The SMILES string of the molecule is N#Cc1c2c(n(CC3CCCO3)c1NC(=O)CSc1nc3ncccn3n1)CCCC2. The average Bonchev–Trinajstić information content (AvgIpc) is 3.51. The molecule has 10 heteroatoms. The van der Waals surface area contributed by atoms with Gasteiger partial charge in [-0.25, -0.2) is 9.50 Å². The topological polar surface area (TPSA) is 110 Å². The standard InChI is InChI=1S/C21H23N7O2S/c22-11-16-15-6-1-2-7-17(15)27(12-14-5-3-10-30-14)19(16)24-18(29)13-31-21-25-20-23-8-4-9-28(20)26-21/h4,8-9,14H,1-3,5-7,10,12-13H2,(H,24,29). The van der Waals surface area contributed by atoms with Gasteiger partial charge in [0.05, 0.1) is 24.0 Å². The number of nitriles is 1. The quantitative estimate of drug-likeness (QED) is 0.590. The molecule has 3 aromatic rings. The summed E-state index contributed by atoms with van der Waals surface area (Å²) in [6.45, 7) is 1.45. The summed E-state index contributed by atoms with van der Waals surface area (Å²) in [6, 6.07) is 4.12. The molecule has 5 rings (SSSR count). The Morgan fingerprint density at radius 1 is 1.35 bits per heavy atom. The molecule has 0 radical (unpaired) electrons. The van der Waals surface area contributed by atoms with Crippen LogP contribution < -0.4 is 5.32 Å². The second kappa shape index (κ2) is 8.69. The summed E-state index contributed by atoms with van der Waals surface area (Å²) in [5.41, 5.74) is 2.86. The molecular formula is C21H23N7O2S. The Hall–Kier alpha value is -2.90. The molecule has 1 amide bonds. The van der Waals surface area contributed by atoms with Gasteiger partial charge in [0.25, 0.3) is 5.78 Å². The summed E-state index contributed by atoms with van der Waals surface area (Å²) in [5, 5.41) is 17.7. The van der Waals surface area contributed by atoms with Crippen molar-refractivity contribution in [1.82, 2.24) is 24.1 Å². The van der Waals surface area contributed by atoms with Crippen molar-refractivity contribution in [3.63, 3.8) is 0 Å². The minimum absolute atomic E-state index is 0.129. The number of fused-ring (bicyclic) bond motifs is 2. The Balaban J connectivity index is 1.36. The van der Waals surface area contributed by atoms with Crippen LogP contribution in [0.3, 0.4) is 0 Å². The summed E-state index contributed by atoms with van der Waals surface area (Å²) in [4.78, 5) is 21.3. The van der Waals surface area contributed by atoms with Gasteiger partial charge in [0.2, 0.25) is 11.1 Å². The summed E-state index contributed by atoms with van der Waals surface area (Å²) in [7, 11) is 0. The van der Waals surface area contributed by atoms with E-state index in [-0.39, 0.29) is 17.8 Å². The molecule has 0 spiro atoms. The van der Waals surface area contributed by atoms with Crippen molar-refractivity contribution in [3.8, 4) is 6.07 Å². The maximum atomic E-state index is 12.8. The highest BCUT2D eigenvalue weighted by atomic mass is 32.2. The van der Waals surface area contributed by atoms with E-state index in [1.807, 2.05) is 0 Å². The summed E-state index contributed by atoms with van der Waals surface area (Å²) >= 11 is 1.25. The fourth-order valence-corrected chi connectivity index (χ4v) is 5.01. The van der Waals surface area contributed by atoms with Crippen molar-refractivity contribution < 1.29 is 9.53 Å². The Bertz CT molecular complexity index is 1120. The van der Waals surface area contributed by atoms with E-state index in [4.69, 9.17) is 4.74 Å². The second-order valence-electron chi connectivity index (χ2n) is 7.81. The van der Waals surface area contributed by atoms with Crippen LogP contribution in [0.25, 0.3) is 5.78 Å². The minimum Gasteiger partial charge on any atom is -0.376 e. The highest BCUT2D eigenvalue weighted by Crippen LogP contribution is 2.34. The third-order valence-corrected chi connectivity index (χ3v) is 6.62. The third-order valence-electron chi connectivity index (χ3n) is 5.78. The lowest BCUT2D eigenvalue weighted by molar-refractivity contribution is -0.113. The van der Waals surface area contributed by atoms with E-state index in [0.717, 1.165) is 50.7 Å². The summed E-state index contributed by atoms with van der Waals surface area (Å²) in [6.07, 6.45) is 9.59. The normalized spacial score (nSPS) is 18.1. The van der Waals surface area contributed by atoms with Crippen molar-refractivity contribution >= 4 is 29.3 Å². The summed E-state index contributed by atoms with van der Waals surface area (Å²) in [5.74, 6) is 1.07. The van der Waals surface area contributed by atoms with E-state index in [0.29, 0.717) is 28.9 Å². The fraction of sp³-hybridized carbons (Fsp3) is 0.476. The van der Waals surface area contributed by atoms with Gasteiger partial charge in [-0.15, -0.1) is 5.10 Å². The van der Waals surface area contributed by atoms with Gasteiger partial charge in [-0.05, 0) is 50.2 Å². The maximum Gasteiger partial charge on any atom is 0.253 e. The van der Waals surface area contributed by atoms with E-state index in [1.54, 1.807) is 23.0 Å². The molecule has 0 saturated carbocycles. The molecule has 9 nitrogen and oxygen atoms in total. The molecule has 0 aromatic carbocycles. The third kappa shape index (κ3) is 4.03. The number of aromatic nitrogens is 5. The maximum absolute atomic E-state index is 12.8. The van der Waals surface area contributed by atoms with Crippen molar-refractivity contribution in [3.05, 3.63) is 35.3 Å². The smallest absolute Gasteiger partial charge is 0.253 e. The van der Waals surface area contributed by atoms with Gasteiger partial charge in [-0.2, -0.15) is 10.2 Å². The lowest BCUT2D eigenvalue weighted by Gasteiger charge is -2.19. The molecule has 2 aliphatic rings. The van der Waals surface area contributed by atoms with Crippen molar-refractivity contribution in [2.75, 3.05) is 17.7 Å². The second-order valence-corrected chi connectivity index (χ2v) is 8.75. The van der Waals surface area contributed by atoms with Gasteiger partial charge in [0.15, 0.2) is 0 Å². The zero-order valence-corrected chi connectivity index (χ0v) is 17.9. The van der Waals surface area contributed by atoms with Crippen LogP contribution in [-0.4, -0.2) is 48.5 Å². The number of amides is 1. The number of carbonyl (C=O) groups is 1. The molecule has 31 heavy (non-hydrogen) atoms. The van der Waals surface area contributed by atoms with E-state index in [9.17, 15) is 10.1 Å². The molecular weight excluding hydrogens is 414 g/mol. The Labute approximate surface area is 183 Å². The molecule has 1 saturated heterocycles. The van der Waals surface area contributed by atoms with Crippen molar-refractivity contribution in [1.29, 1.82) is 5.26 Å². The molecule has 160 valence electrons. The lowest BCUT2D eigenvalue weighted by Crippen LogP contribution is -2.23. The number of hydrogen-bond acceptors (Lipinski definition) is 7. The number of ether oxygens (including phenoxy) is 1. The van der Waals surface area contributed by atoms with Gasteiger partial charge in [0.1, 0.15) is 11.9 Å². The summed E-state index contributed by atoms with van der Waals surface area (Å²) < 4.78 is 9.54. The van der Waals surface area contributed by atoms with Crippen LogP contribution in [0.1, 0.15) is 42.5 Å². The Morgan fingerprint density at radius 2 is 2.26 bits per heavy atom. The molecule has 1 aliphatic carbocycles. The first-order valence-corrected chi connectivity index (χ1v) is 11.6. The van der Waals surface area contributed by atoms with Crippen molar-refractivity contribution in [2.45, 2.75) is 56.3 Å². The Kier molecular flexibility index (Phi) is 5.61. The monoisotopic (exact) mass is 437 g/mol. The van der Waals surface area contributed by atoms with E-state index < -0.39 is 0 Å². The lowest BCUT2D eigenvalue weighted by atomic mass is 9.95. The molecule has 1 atom stereocenters. The number of thioether (sulfide) groups is 1. The molecule has 1 N–H and O–H groups in total. The number of anilines is 1. The Morgan fingerprint density at radius 3 is 3.06 bits per heavy atom. The molecule has 1 aliphatic heterocycles. The van der Waals surface area contributed by atoms with Gasteiger partial charge >= 0.3 is 0 Å². The predicted molar refractivity (Wildman–Crippen MR) is 115 cm³/mol. The average molecular weight is 438 g/mol. The molecule has 1 unspecified atom stereocenters. The number of hydrogen-bond donors (Lipinski definition) is 1.